The Morgan fingerprint density at radius 2 is 2.17 bits per heavy atom. The first-order chi connectivity index (χ1) is 11.1. The molecule has 2 heterocycles. The van der Waals surface area contributed by atoms with Gasteiger partial charge < -0.3 is 9.80 Å². The summed E-state index contributed by atoms with van der Waals surface area (Å²) in [5, 5.41) is 9.16. The summed E-state index contributed by atoms with van der Waals surface area (Å²) in [6.07, 6.45) is 3.82. The largest absolute Gasteiger partial charge is 0.316 e. The number of hydrogen-bond acceptors (Lipinski definition) is 4. The van der Waals surface area contributed by atoms with E-state index < -0.39 is 0 Å². The summed E-state index contributed by atoms with van der Waals surface area (Å²) in [4.78, 5) is 27.8. The zero-order valence-corrected chi connectivity index (χ0v) is 13.6. The van der Waals surface area contributed by atoms with Crippen molar-refractivity contribution in [3.63, 3.8) is 0 Å². The fourth-order valence-corrected chi connectivity index (χ4v) is 4.10. The predicted octanol–water partition coefficient (Wildman–Crippen LogP) is 2.38. The minimum absolute atomic E-state index is 0.0806. The normalized spacial score (nSPS) is 22.6. The van der Waals surface area contributed by atoms with Crippen molar-refractivity contribution in [1.29, 1.82) is 5.26 Å². The van der Waals surface area contributed by atoms with E-state index >= 15 is 0 Å². The average molecular weight is 327 g/mol. The fraction of sp³-hybridized carbons (Fsp3) is 0.353. The average Bonchev–Trinajstić information content (AvgIpc) is 3.03. The maximum absolute atomic E-state index is 12.7. The van der Waals surface area contributed by atoms with E-state index in [2.05, 4.69) is 6.07 Å². The fourth-order valence-electron chi connectivity index (χ4n) is 2.99. The Morgan fingerprint density at radius 3 is 2.91 bits per heavy atom. The standard InChI is InChI=1S/C17H17N3O2S/c1-12(21)19-7-6-13-4-2-3-5-15(13)16(19)8-17(22)20-11-23-10-14(20)9-18/h2-7,14,16H,8,10-11H2,1H3/t14-,16?/m1/s1. The molecule has 5 nitrogen and oxygen atoms in total. The van der Waals surface area contributed by atoms with Gasteiger partial charge in [-0.15, -0.1) is 11.8 Å². The molecule has 1 fully saturated rings. The van der Waals surface area contributed by atoms with Crippen LogP contribution in [0, 0.1) is 11.3 Å². The van der Waals surface area contributed by atoms with E-state index in [9.17, 15) is 9.59 Å². The molecular weight excluding hydrogens is 310 g/mol. The van der Waals surface area contributed by atoms with Crippen molar-refractivity contribution in [3.05, 3.63) is 41.6 Å². The number of nitriles is 1. The number of rotatable bonds is 2. The van der Waals surface area contributed by atoms with Crippen molar-refractivity contribution in [3.8, 4) is 6.07 Å². The van der Waals surface area contributed by atoms with Crippen molar-refractivity contribution < 1.29 is 9.59 Å². The van der Waals surface area contributed by atoms with Gasteiger partial charge in [0.2, 0.25) is 11.8 Å². The molecule has 0 N–H and O–H groups in total. The van der Waals surface area contributed by atoms with Gasteiger partial charge in [0.05, 0.1) is 24.4 Å². The number of hydrogen-bond donors (Lipinski definition) is 0. The molecule has 0 aromatic heterocycles. The van der Waals surface area contributed by atoms with E-state index in [4.69, 9.17) is 5.26 Å². The number of carbonyl (C=O) groups is 2. The van der Waals surface area contributed by atoms with Crippen LogP contribution in [-0.2, 0) is 9.59 Å². The van der Waals surface area contributed by atoms with Gasteiger partial charge in [-0.3, -0.25) is 9.59 Å². The number of amides is 2. The lowest BCUT2D eigenvalue weighted by Gasteiger charge is -2.33. The van der Waals surface area contributed by atoms with Crippen molar-refractivity contribution in [2.24, 2.45) is 0 Å². The molecule has 1 unspecified atom stereocenters. The number of benzene rings is 1. The summed E-state index contributed by atoms with van der Waals surface area (Å²) in [5.41, 5.74) is 1.99. The lowest BCUT2D eigenvalue weighted by Crippen LogP contribution is -2.39. The molecule has 2 amide bonds. The summed E-state index contributed by atoms with van der Waals surface area (Å²) in [6, 6.07) is 9.27. The minimum Gasteiger partial charge on any atom is -0.316 e. The van der Waals surface area contributed by atoms with Gasteiger partial charge in [0.25, 0.3) is 0 Å². The van der Waals surface area contributed by atoms with Gasteiger partial charge in [0.1, 0.15) is 6.04 Å². The highest BCUT2D eigenvalue weighted by Gasteiger charge is 2.34. The van der Waals surface area contributed by atoms with E-state index in [1.165, 1.54) is 6.92 Å². The van der Waals surface area contributed by atoms with Gasteiger partial charge >= 0.3 is 0 Å². The molecule has 2 aliphatic heterocycles. The molecule has 1 aromatic rings. The number of thioether (sulfide) groups is 1. The Hall–Kier alpha value is -2.26. The van der Waals surface area contributed by atoms with Gasteiger partial charge in [-0.25, -0.2) is 0 Å². The Balaban J connectivity index is 1.87. The van der Waals surface area contributed by atoms with Gasteiger partial charge in [0, 0.05) is 18.9 Å². The third-order valence-corrected chi connectivity index (χ3v) is 5.20. The van der Waals surface area contributed by atoms with Crippen molar-refractivity contribution in [1.82, 2.24) is 9.80 Å². The smallest absolute Gasteiger partial charge is 0.226 e. The molecule has 0 aliphatic carbocycles. The van der Waals surface area contributed by atoms with Crippen LogP contribution in [0.1, 0.15) is 30.5 Å². The van der Waals surface area contributed by atoms with E-state index in [1.807, 2.05) is 30.3 Å². The molecule has 6 heteroatoms. The number of fused-ring (bicyclic) bond motifs is 1. The molecule has 23 heavy (non-hydrogen) atoms. The van der Waals surface area contributed by atoms with Gasteiger partial charge in [-0.05, 0) is 17.2 Å². The van der Waals surface area contributed by atoms with E-state index in [1.54, 1.807) is 27.8 Å². The summed E-state index contributed by atoms with van der Waals surface area (Å²) < 4.78 is 0. The minimum atomic E-state index is -0.368. The van der Waals surface area contributed by atoms with Crippen LogP contribution in [0.25, 0.3) is 6.08 Å². The molecule has 1 aromatic carbocycles. The zero-order valence-electron chi connectivity index (χ0n) is 12.8. The topological polar surface area (TPSA) is 64.4 Å². The molecule has 0 saturated carbocycles. The van der Waals surface area contributed by atoms with Crippen LogP contribution in [0.15, 0.2) is 30.5 Å². The molecule has 3 rings (SSSR count). The van der Waals surface area contributed by atoms with Crippen LogP contribution < -0.4 is 0 Å². The lowest BCUT2D eigenvalue weighted by molar-refractivity contribution is -0.134. The zero-order chi connectivity index (χ0) is 16.4. The highest BCUT2D eigenvalue weighted by molar-refractivity contribution is 7.99. The van der Waals surface area contributed by atoms with Crippen molar-refractivity contribution in [2.45, 2.75) is 25.4 Å². The van der Waals surface area contributed by atoms with Crippen LogP contribution in [0.2, 0.25) is 0 Å². The van der Waals surface area contributed by atoms with Crippen LogP contribution >= 0.6 is 11.8 Å². The Bertz CT molecular complexity index is 710. The second-order valence-corrected chi connectivity index (χ2v) is 6.60. The second-order valence-electron chi connectivity index (χ2n) is 5.60. The lowest BCUT2D eigenvalue weighted by atomic mass is 9.93. The molecule has 118 valence electrons. The molecule has 2 atom stereocenters. The predicted molar refractivity (Wildman–Crippen MR) is 88.9 cm³/mol. The first-order valence-electron chi connectivity index (χ1n) is 7.44. The Morgan fingerprint density at radius 1 is 1.39 bits per heavy atom. The first kappa shape index (κ1) is 15.6. The molecule has 0 spiro atoms. The highest BCUT2D eigenvalue weighted by Crippen LogP contribution is 2.34. The van der Waals surface area contributed by atoms with E-state index in [-0.39, 0.29) is 30.3 Å². The molecule has 0 radical (unpaired) electrons. The number of carbonyl (C=O) groups excluding carboxylic acids is 2. The van der Waals surface area contributed by atoms with Crippen LogP contribution in [0.4, 0.5) is 0 Å². The van der Waals surface area contributed by atoms with Crippen LogP contribution in [-0.4, -0.2) is 39.3 Å². The summed E-state index contributed by atoms with van der Waals surface area (Å²) in [5.74, 6) is 1.02. The number of nitrogens with zero attached hydrogens (tertiary/aromatic N) is 3. The van der Waals surface area contributed by atoms with Crippen molar-refractivity contribution >= 4 is 29.7 Å². The maximum Gasteiger partial charge on any atom is 0.226 e. The summed E-state index contributed by atoms with van der Waals surface area (Å²) in [7, 11) is 0. The quantitative estimate of drug-likeness (QED) is 0.836. The monoisotopic (exact) mass is 327 g/mol. The van der Waals surface area contributed by atoms with Gasteiger partial charge in [-0.1, -0.05) is 24.3 Å². The maximum atomic E-state index is 12.7. The summed E-state index contributed by atoms with van der Waals surface area (Å²) in [6.45, 7) is 1.50. The van der Waals surface area contributed by atoms with Crippen molar-refractivity contribution in [2.75, 3.05) is 11.6 Å². The molecule has 2 aliphatic rings. The molecule has 0 bridgehead atoms. The highest BCUT2D eigenvalue weighted by atomic mass is 32.2. The molecular formula is C17H17N3O2S. The molecule has 1 saturated heterocycles. The SMILES string of the molecule is CC(=O)N1C=Cc2ccccc2C1CC(=O)N1CSC[C@H]1C#N. The van der Waals surface area contributed by atoms with E-state index in [0.717, 1.165) is 11.1 Å². The van der Waals surface area contributed by atoms with E-state index in [0.29, 0.717) is 11.6 Å². The van der Waals surface area contributed by atoms with Crippen LogP contribution in [0.3, 0.4) is 0 Å². The first-order valence-corrected chi connectivity index (χ1v) is 8.60. The Kier molecular flexibility index (Phi) is 4.39. The van der Waals surface area contributed by atoms with Gasteiger partial charge in [0.15, 0.2) is 0 Å². The Labute approximate surface area is 139 Å². The van der Waals surface area contributed by atoms with Gasteiger partial charge in [-0.2, -0.15) is 5.26 Å². The van der Waals surface area contributed by atoms with Crippen LogP contribution in [0.5, 0.6) is 0 Å². The third-order valence-electron chi connectivity index (χ3n) is 4.19. The third kappa shape index (κ3) is 2.97. The second kappa shape index (κ2) is 6.47. The summed E-state index contributed by atoms with van der Waals surface area (Å²) >= 11 is 1.59.